The Labute approximate surface area is 175 Å². The minimum atomic E-state index is -0.479. The number of amides is 1. The van der Waals surface area contributed by atoms with Crippen LogP contribution in [0.2, 0.25) is 5.02 Å². The molecule has 0 fully saturated rings. The van der Waals surface area contributed by atoms with Gasteiger partial charge in [-0.25, -0.2) is 0 Å². The molecule has 0 aliphatic heterocycles. The highest BCUT2D eigenvalue weighted by Gasteiger charge is 2.12. The molecule has 0 radical (unpaired) electrons. The Hall–Kier alpha value is -2.81. The number of carbonyl (C=O) groups is 1. The number of nitro groups is 1. The molecule has 0 aliphatic carbocycles. The van der Waals surface area contributed by atoms with Crippen molar-refractivity contribution in [1.82, 2.24) is 4.57 Å². The van der Waals surface area contributed by atoms with Gasteiger partial charge in [0.1, 0.15) is 0 Å². The van der Waals surface area contributed by atoms with Crippen molar-refractivity contribution in [2.24, 2.45) is 4.99 Å². The largest absolute Gasteiger partial charge is 0.383 e. The fraction of sp³-hybridized carbons (Fsp3) is 0.200. The van der Waals surface area contributed by atoms with E-state index < -0.39 is 10.8 Å². The lowest BCUT2D eigenvalue weighted by molar-refractivity contribution is -0.384. The highest BCUT2D eigenvalue weighted by Crippen LogP contribution is 2.27. The van der Waals surface area contributed by atoms with Crippen LogP contribution in [-0.4, -0.2) is 29.1 Å². The molecule has 150 valence electrons. The number of rotatable bonds is 6. The number of benzene rings is 2. The molecule has 0 unspecified atom stereocenters. The third-order valence-electron chi connectivity index (χ3n) is 4.25. The van der Waals surface area contributed by atoms with E-state index in [4.69, 9.17) is 16.3 Å². The first-order valence-electron chi connectivity index (χ1n) is 8.69. The van der Waals surface area contributed by atoms with Crippen molar-refractivity contribution in [3.05, 3.63) is 73.5 Å². The number of aromatic nitrogens is 1. The fourth-order valence-electron chi connectivity index (χ4n) is 2.83. The number of methoxy groups -OCH3 is 1. The van der Waals surface area contributed by atoms with E-state index in [9.17, 15) is 14.9 Å². The van der Waals surface area contributed by atoms with Crippen molar-refractivity contribution in [2.75, 3.05) is 13.7 Å². The Morgan fingerprint density at radius 2 is 2.17 bits per heavy atom. The Kier molecular flexibility index (Phi) is 6.58. The average Bonchev–Trinajstić information content (AvgIpc) is 3.05. The van der Waals surface area contributed by atoms with Crippen molar-refractivity contribution in [3.8, 4) is 0 Å². The summed E-state index contributed by atoms with van der Waals surface area (Å²) in [5.74, 6) is -0.460. The van der Waals surface area contributed by atoms with E-state index in [1.807, 2.05) is 23.6 Å². The zero-order valence-corrected chi connectivity index (χ0v) is 17.4. The zero-order chi connectivity index (χ0) is 21.0. The number of hydrogen-bond acceptors (Lipinski definition) is 5. The van der Waals surface area contributed by atoms with Crippen LogP contribution in [0.3, 0.4) is 0 Å². The summed E-state index contributed by atoms with van der Waals surface area (Å²) in [6.45, 7) is 2.91. The Morgan fingerprint density at radius 1 is 1.38 bits per heavy atom. The van der Waals surface area contributed by atoms with Crippen molar-refractivity contribution in [1.29, 1.82) is 0 Å². The quantitative estimate of drug-likeness (QED) is 0.329. The van der Waals surface area contributed by atoms with Gasteiger partial charge >= 0.3 is 0 Å². The van der Waals surface area contributed by atoms with Crippen LogP contribution < -0.4 is 4.80 Å². The number of non-ortho nitro benzene ring substituents is 1. The molecular weight excluding hydrogens is 414 g/mol. The maximum Gasteiger partial charge on any atom is 0.272 e. The van der Waals surface area contributed by atoms with E-state index in [0.29, 0.717) is 28.5 Å². The Balaban J connectivity index is 1.98. The number of nitrogens with zero attached hydrogens (tertiary/aromatic N) is 3. The topological polar surface area (TPSA) is 86.7 Å². The first-order valence-corrected chi connectivity index (χ1v) is 9.88. The normalized spacial score (nSPS) is 12.2. The van der Waals surface area contributed by atoms with Gasteiger partial charge in [0.25, 0.3) is 11.6 Å². The van der Waals surface area contributed by atoms with Gasteiger partial charge in [0, 0.05) is 36.9 Å². The van der Waals surface area contributed by atoms with Gasteiger partial charge in [-0.2, -0.15) is 4.99 Å². The van der Waals surface area contributed by atoms with E-state index >= 15 is 0 Å². The second-order valence-electron chi connectivity index (χ2n) is 6.18. The standard InChI is InChI=1S/C20H18ClN3O4S/c1-13-16(21)7-8-17-19(13)23(10-11-28-2)20(29-17)22-18(25)9-6-14-4-3-5-15(12-14)24(26)27/h3-9,12H,10-11H2,1-2H3/b9-6+,22-20?. The molecular formula is C20H18ClN3O4S. The Bertz CT molecular complexity index is 1180. The van der Waals surface area contributed by atoms with Gasteiger partial charge in [-0.3, -0.25) is 14.9 Å². The van der Waals surface area contributed by atoms with E-state index in [1.165, 1.54) is 35.6 Å². The van der Waals surface area contributed by atoms with E-state index in [1.54, 1.807) is 19.2 Å². The molecule has 0 bridgehead atoms. The Morgan fingerprint density at radius 3 is 2.90 bits per heavy atom. The lowest BCUT2D eigenvalue weighted by atomic mass is 10.2. The molecule has 0 spiro atoms. The fourth-order valence-corrected chi connectivity index (χ4v) is 4.11. The molecule has 9 heteroatoms. The lowest BCUT2D eigenvalue weighted by Gasteiger charge is -2.07. The molecule has 0 atom stereocenters. The number of aryl methyl sites for hydroxylation is 1. The smallest absolute Gasteiger partial charge is 0.272 e. The van der Waals surface area contributed by atoms with E-state index in [2.05, 4.69) is 4.99 Å². The molecule has 1 aromatic heterocycles. The van der Waals surface area contributed by atoms with Crippen LogP contribution in [0, 0.1) is 17.0 Å². The van der Waals surface area contributed by atoms with E-state index in [0.717, 1.165) is 15.8 Å². The van der Waals surface area contributed by atoms with E-state index in [-0.39, 0.29) is 5.69 Å². The van der Waals surface area contributed by atoms with Gasteiger partial charge in [0.2, 0.25) is 0 Å². The molecule has 0 aliphatic rings. The minimum absolute atomic E-state index is 0.0363. The summed E-state index contributed by atoms with van der Waals surface area (Å²) in [6, 6.07) is 9.77. The first-order chi connectivity index (χ1) is 13.9. The van der Waals surface area contributed by atoms with Crippen LogP contribution in [0.1, 0.15) is 11.1 Å². The van der Waals surface area contributed by atoms with Gasteiger partial charge in [0.15, 0.2) is 4.80 Å². The predicted octanol–water partition coefficient (Wildman–Crippen LogP) is 4.36. The summed E-state index contributed by atoms with van der Waals surface area (Å²) in [4.78, 5) is 27.6. The number of halogens is 1. The molecule has 0 saturated heterocycles. The third-order valence-corrected chi connectivity index (χ3v) is 5.71. The lowest BCUT2D eigenvalue weighted by Crippen LogP contribution is -2.19. The van der Waals surface area contributed by atoms with Gasteiger partial charge in [0.05, 0.1) is 21.7 Å². The monoisotopic (exact) mass is 431 g/mol. The van der Waals surface area contributed by atoms with Crippen LogP contribution in [0.4, 0.5) is 5.69 Å². The summed E-state index contributed by atoms with van der Waals surface area (Å²) < 4.78 is 8.08. The summed E-state index contributed by atoms with van der Waals surface area (Å²) in [5.41, 5.74) is 2.35. The number of nitro benzene ring substituents is 1. The predicted molar refractivity (Wildman–Crippen MR) is 114 cm³/mol. The van der Waals surface area contributed by atoms with Crippen molar-refractivity contribution < 1.29 is 14.5 Å². The molecule has 0 saturated carbocycles. The molecule has 7 nitrogen and oxygen atoms in total. The SMILES string of the molecule is COCCn1c(=NC(=O)/C=C/c2cccc([N+](=O)[O-])c2)sc2ccc(Cl)c(C)c21. The van der Waals surface area contributed by atoms with Crippen molar-refractivity contribution in [2.45, 2.75) is 13.5 Å². The maximum atomic E-state index is 12.4. The minimum Gasteiger partial charge on any atom is -0.383 e. The number of ether oxygens (including phenoxy) is 1. The molecule has 3 rings (SSSR count). The molecule has 1 heterocycles. The third kappa shape index (κ3) is 4.79. The van der Waals surface area contributed by atoms with Gasteiger partial charge in [-0.05, 0) is 36.3 Å². The number of thiazole rings is 1. The van der Waals surface area contributed by atoms with Crippen LogP contribution in [0.15, 0.2) is 47.5 Å². The van der Waals surface area contributed by atoms with Crippen LogP contribution in [-0.2, 0) is 16.1 Å². The zero-order valence-electron chi connectivity index (χ0n) is 15.8. The first kappa shape index (κ1) is 20.9. The summed E-state index contributed by atoms with van der Waals surface area (Å²) >= 11 is 7.66. The van der Waals surface area contributed by atoms with Crippen molar-refractivity contribution >= 4 is 50.8 Å². The second-order valence-corrected chi connectivity index (χ2v) is 7.60. The van der Waals surface area contributed by atoms with Crippen LogP contribution >= 0.6 is 22.9 Å². The molecule has 1 amide bonds. The van der Waals surface area contributed by atoms with Crippen molar-refractivity contribution in [3.63, 3.8) is 0 Å². The summed E-state index contributed by atoms with van der Waals surface area (Å²) in [7, 11) is 1.61. The molecule has 3 aromatic rings. The van der Waals surface area contributed by atoms with Gasteiger partial charge in [-0.15, -0.1) is 0 Å². The average molecular weight is 432 g/mol. The van der Waals surface area contributed by atoms with Gasteiger partial charge in [-0.1, -0.05) is 35.1 Å². The molecule has 0 N–H and O–H groups in total. The van der Waals surface area contributed by atoms with Gasteiger partial charge < -0.3 is 9.30 Å². The number of carbonyl (C=O) groups excluding carboxylic acids is 1. The highest BCUT2D eigenvalue weighted by atomic mass is 35.5. The number of fused-ring (bicyclic) bond motifs is 1. The molecule has 2 aromatic carbocycles. The number of hydrogen-bond donors (Lipinski definition) is 0. The highest BCUT2D eigenvalue weighted by molar-refractivity contribution is 7.16. The summed E-state index contributed by atoms with van der Waals surface area (Å²) in [6.07, 6.45) is 2.80. The maximum absolute atomic E-state index is 12.4. The summed E-state index contributed by atoms with van der Waals surface area (Å²) in [5, 5.41) is 11.5. The van der Waals surface area contributed by atoms with Crippen LogP contribution in [0.5, 0.6) is 0 Å². The van der Waals surface area contributed by atoms with Crippen LogP contribution in [0.25, 0.3) is 16.3 Å². The second kappa shape index (κ2) is 9.13. The molecule has 29 heavy (non-hydrogen) atoms.